The predicted octanol–water partition coefficient (Wildman–Crippen LogP) is 6.46. The molecule has 0 saturated carbocycles. The van der Waals surface area contributed by atoms with Crippen molar-refractivity contribution in [1.82, 2.24) is 0 Å². The summed E-state index contributed by atoms with van der Waals surface area (Å²) in [5.41, 5.74) is 4.06. The van der Waals surface area contributed by atoms with E-state index in [1.807, 2.05) is 0 Å². The highest BCUT2D eigenvalue weighted by Crippen LogP contribution is 2.39. The summed E-state index contributed by atoms with van der Waals surface area (Å²) in [5, 5.41) is 0.0198. The molecule has 0 fully saturated rings. The van der Waals surface area contributed by atoms with Gasteiger partial charge in [-0.25, -0.2) is 0 Å². The van der Waals surface area contributed by atoms with Crippen molar-refractivity contribution in [3.8, 4) is 0 Å². The Hall–Kier alpha value is -1.27. The van der Waals surface area contributed by atoms with E-state index in [1.54, 1.807) is 0 Å². The molecule has 2 atom stereocenters. The Labute approximate surface area is 134 Å². The van der Waals surface area contributed by atoms with Crippen LogP contribution in [0, 0.1) is 0 Å². The summed E-state index contributed by atoms with van der Waals surface area (Å²) < 4.78 is 0. The topological polar surface area (TPSA) is 0 Å². The van der Waals surface area contributed by atoms with Gasteiger partial charge in [-0.05, 0) is 28.5 Å². The van der Waals surface area contributed by atoms with Crippen LogP contribution in [0.5, 0.6) is 0 Å². The van der Waals surface area contributed by atoms with E-state index in [9.17, 15) is 0 Å². The minimum absolute atomic E-state index is 0.0198. The molecule has 0 N–H and O–H groups in total. The van der Waals surface area contributed by atoms with Crippen LogP contribution in [0.1, 0.15) is 62.1 Å². The van der Waals surface area contributed by atoms with Crippen LogP contribution in [-0.2, 0) is 5.41 Å². The summed E-state index contributed by atoms with van der Waals surface area (Å²) in [6.45, 7) is 8.91. The maximum absolute atomic E-state index is 6.77. The Morgan fingerprint density at radius 3 is 1.90 bits per heavy atom. The van der Waals surface area contributed by atoms with E-state index in [0.29, 0.717) is 5.92 Å². The van der Waals surface area contributed by atoms with Crippen molar-refractivity contribution in [3.05, 3.63) is 71.3 Å². The Balaban J connectivity index is 2.24. The molecule has 0 aliphatic carbocycles. The molecule has 0 saturated heterocycles. The Bertz CT molecular complexity index is 549. The predicted molar refractivity (Wildman–Crippen MR) is 93.2 cm³/mol. The van der Waals surface area contributed by atoms with Crippen molar-refractivity contribution in [2.24, 2.45) is 0 Å². The lowest BCUT2D eigenvalue weighted by molar-refractivity contribution is 0.588. The minimum atomic E-state index is 0.0198. The maximum Gasteiger partial charge on any atom is 0.0653 e. The zero-order valence-corrected chi connectivity index (χ0v) is 14.2. The maximum atomic E-state index is 6.77. The number of halogens is 1. The molecule has 0 bridgehead atoms. The van der Waals surface area contributed by atoms with Crippen molar-refractivity contribution in [2.45, 2.75) is 50.8 Å². The van der Waals surface area contributed by atoms with Crippen LogP contribution in [0.4, 0.5) is 0 Å². The zero-order valence-electron chi connectivity index (χ0n) is 13.4. The van der Waals surface area contributed by atoms with Gasteiger partial charge in [-0.15, -0.1) is 11.6 Å². The molecule has 0 aromatic heterocycles. The summed E-state index contributed by atoms with van der Waals surface area (Å²) >= 11 is 6.77. The lowest BCUT2D eigenvalue weighted by Gasteiger charge is -2.24. The lowest BCUT2D eigenvalue weighted by Crippen LogP contribution is -2.11. The first-order chi connectivity index (χ1) is 9.93. The molecule has 2 aromatic carbocycles. The molecular formula is C20H25Cl. The third-order valence-electron chi connectivity index (χ3n) is 4.12. The lowest BCUT2D eigenvalue weighted by atomic mass is 9.85. The van der Waals surface area contributed by atoms with Gasteiger partial charge in [0, 0.05) is 5.92 Å². The summed E-state index contributed by atoms with van der Waals surface area (Å²) in [7, 11) is 0. The molecule has 1 heteroatoms. The molecule has 0 radical (unpaired) electrons. The molecule has 112 valence electrons. The van der Waals surface area contributed by atoms with E-state index < -0.39 is 0 Å². The van der Waals surface area contributed by atoms with Crippen LogP contribution in [0.15, 0.2) is 54.6 Å². The zero-order chi connectivity index (χ0) is 15.5. The second-order valence-corrected chi connectivity index (χ2v) is 7.17. The van der Waals surface area contributed by atoms with E-state index in [4.69, 9.17) is 11.6 Å². The molecule has 0 nitrogen and oxygen atoms in total. The highest BCUT2D eigenvalue weighted by atomic mass is 35.5. The largest absolute Gasteiger partial charge is 0.117 e. The average molecular weight is 301 g/mol. The quantitative estimate of drug-likeness (QED) is 0.569. The van der Waals surface area contributed by atoms with Crippen molar-refractivity contribution in [1.29, 1.82) is 0 Å². The van der Waals surface area contributed by atoms with Gasteiger partial charge in [0.1, 0.15) is 0 Å². The summed E-state index contributed by atoms with van der Waals surface area (Å²) in [4.78, 5) is 0. The van der Waals surface area contributed by atoms with Gasteiger partial charge in [0.05, 0.1) is 5.38 Å². The Kier molecular flexibility index (Phi) is 5.11. The van der Waals surface area contributed by atoms with E-state index in [2.05, 4.69) is 82.3 Å². The van der Waals surface area contributed by atoms with Crippen LogP contribution in [0.3, 0.4) is 0 Å². The third kappa shape index (κ3) is 3.89. The Morgan fingerprint density at radius 1 is 0.857 bits per heavy atom. The number of rotatable bonds is 4. The van der Waals surface area contributed by atoms with Gasteiger partial charge < -0.3 is 0 Å². The molecule has 21 heavy (non-hydrogen) atoms. The van der Waals surface area contributed by atoms with Crippen molar-refractivity contribution in [3.63, 3.8) is 0 Å². The fourth-order valence-corrected chi connectivity index (χ4v) is 3.18. The fourth-order valence-electron chi connectivity index (χ4n) is 2.71. The van der Waals surface area contributed by atoms with Crippen molar-refractivity contribution >= 4 is 11.6 Å². The molecule has 0 amide bonds. The van der Waals surface area contributed by atoms with Crippen LogP contribution >= 0.6 is 11.6 Å². The van der Waals surface area contributed by atoms with Crippen LogP contribution in [0.25, 0.3) is 0 Å². The smallest absolute Gasteiger partial charge is 0.0653 e. The van der Waals surface area contributed by atoms with E-state index in [1.165, 1.54) is 16.7 Å². The van der Waals surface area contributed by atoms with Gasteiger partial charge in [-0.1, -0.05) is 82.3 Å². The van der Waals surface area contributed by atoms with Gasteiger partial charge >= 0.3 is 0 Å². The molecular weight excluding hydrogens is 276 g/mol. The van der Waals surface area contributed by atoms with Crippen LogP contribution in [0.2, 0.25) is 0 Å². The third-order valence-corrected chi connectivity index (χ3v) is 4.67. The number of hydrogen-bond acceptors (Lipinski definition) is 0. The number of alkyl halides is 1. The Morgan fingerprint density at radius 2 is 1.43 bits per heavy atom. The first-order valence-corrected chi connectivity index (χ1v) is 8.16. The number of hydrogen-bond donors (Lipinski definition) is 0. The van der Waals surface area contributed by atoms with Gasteiger partial charge in [0.2, 0.25) is 0 Å². The summed E-state index contributed by atoms with van der Waals surface area (Å²) in [6.07, 6.45) is 1.04. The summed E-state index contributed by atoms with van der Waals surface area (Å²) in [6, 6.07) is 19.4. The van der Waals surface area contributed by atoms with Crippen molar-refractivity contribution in [2.75, 3.05) is 0 Å². The van der Waals surface area contributed by atoms with Crippen LogP contribution < -0.4 is 0 Å². The standard InChI is InChI=1S/C20H25Cl/c1-5-18(15-9-7-6-8-10-15)19(21)16-11-13-17(14-12-16)20(2,3)4/h6-14,18-19H,5H2,1-4H3. The molecule has 0 heterocycles. The summed E-state index contributed by atoms with van der Waals surface area (Å²) in [5.74, 6) is 0.355. The highest BCUT2D eigenvalue weighted by molar-refractivity contribution is 6.21. The van der Waals surface area contributed by atoms with E-state index >= 15 is 0 Å². The first kappa shape index (κ1) is 16.1. The minimum Gasteiger partial charge on any atom is -0.117 e. The monoisotopic (exact) mass is 300 g/mol. The van der Waals surface area contributed by atoms with Gasteiger partial charge in [0.15, 0.2) is 0 Å². The van der Waals surface area contributed by atoms with Gasteiger partial charge in [-0.3, -0.25) is 0 Å². The molecule has 2 aromatic rings. The molecule has 0 aliphatic heterocycles. The van der Waals surface area contributed by atoms with Crippen molar-refractivity contribution < 1.29 is 0 Å². The molecule has 0 spiro atoms. The number of benzene rings is 2. The molecule has 2 unspecified atom stereocenters. The SMILES string of the molecule is CCC(c1ccccc1)C(Cl)c1ccc(C(C)(C)C)cc1. The molecule has 0 aliphatic rings. The first-order valence-electron chi connectivity index (χ1n) is 7.73. The van der Waals surface area contributed by atoms with Gasteiger partial charge in [0.25, 0.3) is 0 Å². The normalized spacial score (nSPS) is 14.7. The van der Waals surface area contributed by atoms with E-state index in [0.717, 1.165) is 6.42 Å². The van der Waals surface area contributed by atoms with Crippen LogP contribution in [-0.4, -0.2) is 0 Å². The van der Waals surface area contributed by atoms with E-state index in [-0.39, 0.29) is 10.8 Å². The second-order valence-electron chi connectivity index (χ2n) is 6.70. The molecule has 2 rings (SSSR count). The fraction of sp³-hybridized carbons (Fsp3) is 0.400. The second kappa shape index (κ2) is 6.66. The highest BCUT2D eigenvalue weighted by Gasteiger charge is 2.22. The average Bonchev–Trinajstić information content (AvgIpc) is 2.48. The van der Waals surface area contributed by atoms with Gasteiger partial charge in [-0.2, -0.15) is 0 Å².